The predicted molar refractivity (Wildman–Crippen MR) is 81.0 cm³/mol. The van der Waals surface area contributed by atoms with E-state index in [1.807, 2.05) is 31.1 Å². The van der Waals surface area contributed by atoms with Crippen molar-refractivity contribution >= 4 is 17.4 Å². The van der Waals surface area contributed by atoms with Crippen LogP contribution >= 0.6 is 11.6 Å². The minimum atomic E-state index is 0.685. The van der Waals surface area contributed by atoms with Crippen molar-refractivity contribution in [1.82, 2.24) is 10.3 Å². The Morgan fingerprint density at radius 2 is 2.21 bits per heavy atom. The third-order valence-electron chi connectivity index (χ3n) is 2.77. The van der Waals surface area contributed by atoms with Gasteiger partial charge >= 0.3 is 0 Å². The summed E-state index contributed by atoms with van der Waals surface area (Å²) < 4.78 is 5.33. The molecule has 1 N–H and O–H groups in total. The second-order valence-corrected chi connectivity index (χ2v) is 4.85. The van der Waals surface area contributed by atoms with Crippen LogP contribution in [-0.4, -0.2) is 38.3 Å². The van der Waals surface area contributed by atoms with Crippen LogP contribution in [0, 0.1) is 0 Å². The van der Waals surface area contributed by atoms with Crippen LogP contribution in [0.5, 0.6) is 0 Å². The van der Waals surface area contributed by atoms with E-state index in [0.29, 0.717) is 11.6 Å². The number of rotatable bonds is 9. The van der Waals surface area contributed by atoms with Crippen LogP contribution in [0.1, 0.15) is 25.8 Å². The van der Waals surface area contributed by atoms with E-state index in [0.717, 1.165) is 44.0 Å². The highest BCUT2D eigenvalue weighted by Gasteiger charge is 2.08. The van der Waals surface area contributed by atoms with Crippen molar-refractivity contribution in [3.05, 3.63) is 22.8 Å². The topological polar surface area (TPSA) is 37.4 Å². The SMILES string of the molecule is CCCNCc1cnc(N(C)CCOCC)c(Cl)c1. The number of ether oxygens (including phenoxy) is 1. The number of pyridine rings is 1. The highest BCUT2D eigenvalue weighted by molar-refractivity contribution is 6.33. The molecule has 1 heterocycles. The van der Waals surface area contributed by atoms with Gasteiger partial charge in [0.15, 0.2) is 0 Å². The van der Waals surface area contributed by atoms with E-state index in [2.05, 4.69) is 17.2 Å². The molecule has 1 aromatic heterocycles. The summed E-state index contributed by atoms with van der Waals surface area (Å²) in [7, 11) is 1.97. The molecule has 0 saturated carbocycles. The molecule has 0 fully saturated rings. The Morgan fingerprint density at radius 3 is 2.84 bits per heavy atom. The van der Waals surface area contributed by atoms with E-state index >= 15 is 0 Å². The van der Waals surface area contributed by atoms with E-state index in [1.165, 1.54) is 0 Å². The lowest BCUT2D eigenvalue weighted by Gasteiger charge is -2.19. The molecule has 5 heteroatoms. The summed E-state index contributed by atoms with van der Waals surface area (Å²) in [6, 6.07) is 1.98. The molecule has 4 nitrogen and oxygen atoms in total. The highest BCUT2D eigenvalue weighted by Crippen LogP contribution is 2.22. The fourth-order valence-electron chi connectivity index (χ4n) is 1.71. The van der Waals surface area contributed by atoms with E-state index in [4.69, 9.17) is 16.3 Å². The maximum atomic E-state index is 6.28. The molecule has 1 rings (SSSR count). The van der Waals surface area contributed by atoms with Crippen molar-refractivity contribution < 1.29 is 4.74 Å². The lowest BCUT2D eigenvalue weighted by atomic mass is 10.2. The molecule has 0 aliphatic carbocycles. The molecule has 0 amide bonds. The summed E-state index contributed by atoms with van der Waals surface area (Å²) in [4.78, 5) is 6.45. The first kappa shape index (κ1) is 16.2. The second kappa shape index (κ2) is 9.13. The van der Waals surface area contributed by atoms with Crippen LogP contribution in [0.25, 0.3) is 0 Å². The van der Waals surface area contributed by atoms with Crippen LogP contribution < -0.4 is 10.2 Å². The zero-order valence-corrected chi connectivity index (χ0v) is 12.8. The zero-order valence-electron chi connectivity index (χ0n) is 12.1. The molecule has 0 unspecified atom stereocenters. The van der Waals surface area contributed by atoms with Gasteiger partial charge in [-0.25, -0.2) is 4.98 Å². The Hall–Kier alpha value is -0.840. The van der Waals surface area contributed by atoms with Crippen molar-refractivity contribution in [1.29, 1.82) is 0 Å². The Balaban J connectivity index is 2.55. The Labute approximate surface area is 121 Å². The normalized spacial score (nSPS) is 10.7. The monoisotopic (exact) mass is 285 g/mol. The number of anilines is 1. The summed E-state index contributed by atoms with van der Waals surface area (Å²) in [5.74, 6) is 0.806. The molecule has 108 valence electrons. The molecule has 1 aromatic rings. The van der Waals surface area contributed by atoms with Gasteiger partial charge in [-0.15, -0.1) is 0 Å². The number of likely N-dealkylation sites (N-methyl/N-ethyl adjacent to an activating group) is 1. The quantitative estimate of drug-likeness (QED) is 0.708. The Morgan fingerprint density at radius 1 is 1.42 bits per heavy atom. The van der Waals surface area contributed by atoms with Gasteiger partial charge < -0.3 is 15.0 Å². The predicted octanol–water partition coefficient (Wildman–Crippen LogP) is 2.71. The van der Waals surface area contributed by atoms with Gasteiger partial charge in [-0.2, -0.15) is 0 Å². The summed E-state index contributed by atoms with van der Waals surface area (Å²) in [6.07, 6.45) is 3.00. The van der Waals surface area contributed by atoms with Crippen LogP contribution in [-0.2, 0) is 11.3 Å². The number of nitrogens with one attached hydrogen (secondary N) is 1. The number of nitrogens with zero attached hydrogens (tertiary/aromatic N) is 2. The lowest BCUT2D eigenvalue weighted by Crippen LogP contribution is -2.24. The molecule has 19 heavy (non-hydrogen) atoms. The first-order chi connectivity index (χ1) is 9.19. The van der Waals surface area contributed by atoms with Gasteiger partial charge in [0.25, 0.3) is 0 Å². The van der Waals surface area contributed by atoms with Gasteiger partial charge in [0.1, 0.15) is 5.82 Å². The van der Waals surface area contributed by atoms with Crippen molar-refractivity contribution in [2.75, 3.05) is 38.3 Å². The fraction of sp³-hybridized carbons (Fsp3) is 0.643. The van der Waals surface area contributed by atoms with Gasteiger partial charge in [-0.3, -0.25) is 0 Å². The third-order valence-corrected chi connectivity index (χ3v) is 3.05. The third kappa shape index (κ3) is 5.76. The van der Waals surface area contributed by atoms with Crippen molar-refractivity contribution in [2.24, 2.45) is 0 Å². The van der Waals surface area contributed by atoms with E-state index in [-0.39, 0.29) is 0 Å². The van der Waals surface area contributed by atoms with Crippen LogP contribution in [0.3, 0.4) is 0 Å². The minimum absolute atomic E-state index is 0.685. The van der Waals surface area contributed by atoms with Gasteiger partial charge in [-0.1, -0.05) is 18.5 Å². The number of halogens is 1. The van der Waals surface area contributed by atoms with Crippen LogP contribution in [0.15, 0.2) is 12.3 Å². The average Bonchev–Trinajstić information content (AvgIpc) is 2.39. The molecular formula is C14H24ClN3O. The van der Waals surface area contributed by atoms with E-state index < -0.39 is 0 Å². The molecule has 0 bridgehead atoms. The van der Waals surface area contributed by atoms with E-state index in [9.17, 15) is 0 Å². The van der Waals surface area contributed by atoms with E-state index in [1.54, 1.807) is 0 Å². The van der Waals surface area contributed by atoms with Crippen molar-refractivity contribution in [3.63, 3.8) is 0 Å². The summed E-state index contributed by atoms with van der Waals surface area (Å²) >= 11 is 6.28. The first-order valence-corrected chi connectivity index (χ1v) is 7.20. The van der Waals surface area contributed by atoms with Gasteiger partial charge in [-0.05, 0) is 31.5 Å². The Kier molecular flexibility index (Phi) is 7.79. The van der Waals surface area contributed by atoms with Gasteiger partial charge in [0.2, 0.25) is 0 Å². The second-order valence-electron chi connectivity index (χ2n) is 4.44. The van der Waals surface area contributed by atoms with Crippen LogP contribution in [0.2, 0.25) is 5.02 Å². The standard InChI is InChI=1S/C14H24ClN3O/c1-4-6-16-10-12-9-13(15)14(17-11-12)18(3)7-8-19-5-2/h9,11,16H,4-8,10H2,1-3H3. The molecule has 0 aromatic carbocycles. The van der Waals surface area contributed by atoms with Crippen molar-refractivity contribution in [2.45, 2.75) is 26.8 Å². The van der Waals surface area contributed by atoms with Gasteiger partial charge in [0, 0.05) is 32.9 Å². The largest absolute Gasteiger partial charge is 0.380 e. The number of hydrogen-bond donors (Lipinski definition) is 1. The summed E-state index contributed by atoms with van der Waals surface area (Å²) in [6.45, 7) is 8.16. The molecular weight excluding hydrogens is 262 g/mol. The highest BCUT2D eigenvalue weighted by atomic mass is 35.5. The summed E-state index contributed by atoms with van der Waals surface area (Å²) in [5.41, 5.74) is 1.11. The molecule has 0 spiro atoms. The molecule has 0 saturated heterocycles. The number of aromatic nitrogens is 1. The lowest BCUT2D eigenvalue weighted by molar-refractivity contribution is 0.154. The summed E-state index contributed by atoms with van der Waals surface area (Å²) in [5, 5.41) is 4.03. The smallest absolute Gasteiger partial charge is 0.147 e. The fourth-order valence-corrected chi connectivity index (χ4v) is 2.04. The van der Waals surface area contributed by atoms with Crippen molar-refractivity contribution in [3.8, 4) is 0 Å². The number of hydrogen-bond acceptors (Lipinski definition) is 4. The molecule has 0 radical (unpaired) electrons. The Bertz CT molecular complexity index is 374. The average molecular weight is 286 g/mol. The van der Waals surface area contributed by atoms with Crippen LogP contribution in [0.4, 0.5) is 5.82 Å². The molecule has 0 atom stereocenters. The minimum Gasteiger partial charge on any atom is -0.380 e. The van der Waals surface area contributed by atoms with Gasteiger partial charge in [0.05, 0.1) is 11.6 Å². The maximum Gasteiger partial charge on any atom is 0.147 e. The zero-order chi connectivity index (χ0) is 14.1. The first-order valence-electron chi connectivity index (χ1n) is 6.83. The molecule has 0 aliphatic rings. The molecule has 0 aliphatic heterocycles. The maximum absolute atomic E-state index is 6.28.